The molecule has 0 radical (unpaired) electrons. The van der Waals surface area contributed by atoms with Crippen molar-refractivity contribution in [3.8, 4) is 11.8 Å². The van der Waals surface area contributed by atoms with E-state index in [1.165, 1.54) is 12.1 Å². The Balaban J connectivity index is 2.72. The van der Waals surface area contributed by atoms with Crippen molar-refractivity contribution in [1.29, 1.82) is 0 Å². The van der Waals surface area contributed by atoms with E-state index in [-0.39, 0.29) is 11.6 Å². The predicted molar refractivity (Wildman–Crippen MR) is 54.5 cm³/mol. The van der Waals surface area contributed by atoms with Gasteiger partial charge >= 0.3 is 11.0 Å². The second-order valence-corrected chi connectivity index (χ2v) is 3.43. The number of hydrogen-bond donors (Lipinski definition) is 0. The highest BCUT2D eigenvalue weighted by Gasteiger charge is 2.07. The van der Waals surface area contributed by atoms with Crippen molar-refractivity contribution in [3.63, 3.8) is 0 Å². The molecule has 0 saturated carbocycles. The Hall–Kier alpha value is -1.87. The molecule has 15 heavy (non-hydrogen) atoms. The van der Waals surface area contributed by atoms with E-state index >= 15 is 0 Å². The first kappa shape index (κ1) is 11.2. The number of carbonyl (C=O) groups is 1. The lowest BCUT2D eigenvalue weighted by atomic mass is 10.4. The van der Waals surface area contributed by atoms with E-state index in [4.69, 9.17) is 0 Å². The van der Waals surface area contributed by atoms with Crippen LogP contribution in [0.2, 0.25) is 0 Å². The molecule has 0 aliphatic heterocycles. The zero-order valence-electron chi connectivity index (χ0n) is 7.85. The van der Waals surface area contributed by atoms with Crippen LogP contribution in [0.25, 0.3) is 0 Å². The zero-order valence-corrected chi connectivity index (χ0v) is 8.67. The van der Waals surface area contributed by atoms with Gasteiger partial charge < -0.3 is 4.74 Å². The Morgan fingerprint density at radius 3 is 2.93 bits per heavy atom. The monoisotopic (exact) mass is 225 g/mol. The van der Waals surface area contributed by atoms with E-state index in [1.807, 2.05) is 0 Å². The van der Waals surface area contributed by atoms with Gasteiger partial charge in [0.05, 0.1) is 16.4 Å². The van der Waals surface area contributed by atoms with Gasteiger partial charge in [-0.25, -0.2) is 4.79 Å². The van der Waals surface area contributed by atoms with Crippen molar-refractivity contribution in [3.05, 3.63) is 27.1 Å². The maximum Gasteiger partial charge on any atom is 0.384 e. The van der Waals surface area contributed by atoms with Crippen LogP contribution in [0.1, 0.15) is 11.8 Å². The molecule has 6 heteroatoms. The standard InChI is InChI=1S/C9H7NO4S/c1-2-14-9(11)6-4-7-3-5-8(15-7)10(12)13/h3,5H,2H2,1H3. The Bertz CT molecular complexity index is 440. The minimum atomic E-state index is -0.631. The summed E-state index contributed by atoms with van der Waals surface area (Å²) in [6.07, 6.45) is 0. The van der Waals surface area contributed by atoms with Crippen LogP contribution >= 0.6 is 11.3 Å². The van der Waals surface area contributed by atoms with Crippen LogP contribution < -0.4 is 0 Å². The number of rotatable bonds is 2. The molecule has 1 aromatic heterocycles. The third-order valence-corrected chi connectivity index (χ3v) is 2.29. The summed E-state index contributed by atoms with van der Waals surface area (Å²) in [5.41, 5.74) is 0. The number of ether oxygens (including phenoxy) is 1. The molecule has 1 heterocycles. The molecule has 5 nitrogen and oxygen atoms in total. The fourth-order valence-corrected chi connectivity index (χ4v) is 1.45. The SMILES string of the molecule is CCOC(=O)C#Cc1ccc([N+](=O)[O-])s1. The number of esters is 1. The molecule has 78 valence electrons. The molecule has 0 aliphatic rings. The van der Waals surface area contributed by atoms with E-state index in [1.54, 1.807) is 6.92 Å². The highest BCUT2D eigenvalue weighted by molar-refractivity contribution is 7.15. The second kappa shape index (κ2) is 5.12. The minimum absolute atomic E-state index is 0.00292. The summed E-state index contributed by atoms with van der Waals surface area (Å²) in [5, 5.41) is 10.3. The molecule has 0 bridgehead atoms. The molecule has 0 spiro atoms. The number of carbonyl (C=O) groups excluding carboxylic acids is 1. The lowest BCUT2D eigenvalue weighted by Gasteiger charge is -1.89. The quantitative estimate of drug-likeness (QED) is 0.331. The van der Waals surface area contributed by atoms with E-state index in [0.29, 0.717) is 4.88 Å². The molecule has 0 aliphatic carbocycles. The van der Waals surface area contributed by atoms with E-state index in [0.717, 1.165) is 11.3 Å². The summed E-state index contributed by atoms with van der Waals surface area (Å²) in [5.74, 6) is 4.09. The van der Waals surface area contributed by atoms with Crippen molar-refractivity contribution >= 4 is 22.3 Å². The molecule has 1 aromatic rings. The zero-order chi connectivity index (χ0) is 11.3. The van der Waals surface area contributed by atoms with Crippen LogP contribution in [0, 0.1) is 22.0 Å². The Morgan fingerprint density at radius 1 is 1.67 bits per heavy atom. The highest BCUT2D eigenvalue weighted by atomic mass is 32.1. The van der Waals surface area contributed by atoms with E-state index in [2.05, 4.69) is 16.6 Å². The maximum absolute atomic E-state index is 10.8. The molecule has 0 atom stereocenters. The summed E-state index contributed by atoms with van der Waals surface area (Å²) in [7, 11) is 0. The van der Waals surface area contributed by atoms with Crippen LogP contribution in [0.5, 0.6) is 0 Å². The van der Waals surface area contributed by atoms with Crippen molar-refractivity contribution in [1.82, 2.24) is 0 Å². The van der Waals surface area contributed by atoms with E-state index in [9.17, 15) is 14.9 Å². The van der Waals surface area contributed by atoms with Gasteiger partial charge in [0.1, 0.15) is 0 Å². The molecule has 0 aromatic carbocycles. The van der Waals surface area contributed by atoms with Gasteiger partial charge in [-0.3, -0.25) is 10.1 Å². The average Bonchev–Trinajstić information content (AvgIpc) is 2.63. The predicted octanol–water partition coefficient (Wildman–Crippen LogP) is 1.57. The lowest BCUT2D eigenvalue weighted by Crippen LogP contribution is -1.99. The first-order valence-corrected chi connectivity index (χ1v) is 4.88. The Morgan fingerprint density at radius 2 is 2.40 bits per heavy atom. The largest absolute Gasteiger partial charge is 0.456 e. The molecule has 0 unspecified atom stereocenters. The van der Waals surface area contributed by atoms with Gasteiger partial charge in [0.2, 0.25) is 0 Å². The maximum atomic E-state index is 10.8. The van der Waals surface area contributed by atoms with Gasteiger partial charge in [0.15, 0.2) is 0 Å². The van der Waals surface area contributed by atoms with Crippen molar-refractivity contribution in [2.75, 3.05) is 6.61 Å². The van der Waals surface area contributed by atoms with Crippen LogP contribution in [0.3, 0.4) is 0 Å². The molecule has 0 N–H and O–H groups in total. The number of thiophene rings is 1. The van der Waals surface area contributed by atoms with Crippen LogP contribution in [0.4, 0.5) is 5.00 Å². The molecule has 0 saturated heterocycles. The fraction of sp³-hybridized carbons (Fsp3) is 0.222. The van der Waals surface area contributed by atoms with Crippen LogP contribution in [-0.4, -0.2) is 17.5 Å². The van der Waals surface area contributed by atoms with Gasteiger partial charge in [-0.1, -0.05) is 11.3 Å². The second-order valence-electron chi connectivity index (χ2n) is 2.37. The summed E-state index contributed by atoms with van der Waals surface area (Å²) >= 11 is 0.921. The van der Waals surface area contributed by atoms with Gasteiger partial charge in [-0.05, 0) is 18.9 Å². The average molecular weight is 225 g/mol. The number of nitrogens with zero attached hydrogens (tertiary/aromatic N) is 1. The van der Waals surface area contributed by atoms with Crippen LogP contribution in [-0.2, 0) is 9.53 Å². The highest BCUT2D eigenvalue weighted by Crippen LogP contribution is 2.22. The minimum Gasteiger partial charge on any atom is -0.456 e. The normalized spacial score (nSPS) is 8.87. The first-order chi connectivity index (χ1) is 7.13. The Kier molecular flexibility index (Phi) is 3.83. The summed E-state index contributed by atoms with van der Waals surface area (Å²) in [6, 6.07) is 2.84. The van der Waals surface area contributed by atoms with E-state index < -0.39 is 10.9 Å². The fourth-order valence-electron chi connectivity index (χ4n) is 0.773. The lowest BCUT2D eigenvalue weighted by molar-refractivity contribution is -0.380. The summed E-state index contributed by atoms with van der Waals surface area (Å²) < 4.78 is 4.58. The van der Waals surface area contributed by atoms with Crippen molar-refractivity contribution < 1.29 is 14.5 Å². The first-order valence-electron chi connectivity index (χ1n) is 4.06. The summed E-state index contributed by atoms with van der Waals surface area (Å²) in [6.45, 7) is 1.94. The van der Waals surface area contributed by atoms with Crippen molar-refractivity contribution in [2.45, 2.75) is 6.92 Å². The van der Waals surface area contributed by atoms with Crippen molar-refractivity contribution in [2.24, 2.45) is 0 Å². The van der Waals surface area contributed by atoms with Gasteiger partial charge in [-0.2, -0.15) is 0 Å². The molecular formula is C9H7NO4S. The Labute approximate surface area is 89.8 Å². The van der Waals surface area contributed by atoms with Crippen LogP contribution in [0.15, 0.2) is 12.1 Å². The summed E-state index contributed by atoms with van der Waals surface area (Å²) in [4.78, 5) is 21.1. The third-order valence-electron chi connectivity index (χ3n) is 1.33. The van der Waals surface area contributed by atoms with Gasteiger partial charge in [-0.15, -0.1) is 0 Å². The topological polar surface area (TPSA) is 69.4 Å². The number of hydrogen-bond acceptors (Lipinski definition) is 5. The molecule has 0 amide bonds. The molecule has 1 rings (SSSR count). The smallest absolute Gasteiger partial charge is 0.384 e. The molecule has 0 fully saturated rings. The third kappa shape index (κ3) is 3.40. The number of nitro groups is 1. The molecular weight excluding hydrogens is 218 g/mol. The van der Waals surface area contributed by atoms with Gasteiger partial charge in [0.25, 0.3) is 0 Å². The van der Waals surface area contributed by atoms with Gasteiger partial charge in [0, 0.05) is 12.0 Å².